The standard InChI is InChI=1S/C55H36FN3/c56-55-48(39-17-6-2-7-18-39)35-43(37-14-4-1-5-15-37)36-51(55)58(44-20-8-3-9-21-44)49-31-26-40-25-30-47-50(32-27-41-24-29-46(49)53(40)54(41)47)59(52-22-12-13-33-57-52)45-28-23-38-16-10-11-19-42(38)34-45/h1-36H. The second-order valence-corrected chi connectivity index (χ2v) is 14.9. The van der Waals surface area contributed by atoms with Crippen molar-refractivity contribution in [1.82, 2.24) is 4.98 Å². The predicted molar refractivity (Wildman–Crippen MR) is 246 cm³/mol. The van der Waals surface area contributed by atoms with Crippen LogP contribution in [0.25, 0.3) is 65.3 Å². The van der Waals surface area contributed by atoms with Gasteiger partial charge in [-0.25, -0.2) is 9.37 Å². The molecule has 0 bridgehead atoms. The zero-order valence-corrected chi connectivity index (χ0v) is 32.0. The van der Waals surface area contributed by atoms with Crippen molar-refractivity contribution in [2.45, 2.75) is 0 Å². The van der Waals surface area contributed by atoms with Gasteiger partial charge in [0.05, 0.1) is 17.1 Å². The summed E-state index contributed by atoms with van der Waals surface area (Å²) >= 11 is 0. The molecule has 0 atom stereocenters. The summed E-state index contributed by atoms with van der Waals surface area (Å²) in [5, 5.41) is 9.01. The molecule has 0 saturated heterocycles. The van der Waals surface area contributed by atoms with Crippen molar-refractivity contribution < 1.29 is 4.39 Å². The summed E-state index contributed by atoms with van der Waals surface area (Å²) in [6, 6.07) is 72.8. The first-order valence-corrected chi connectivity index (χ1v) is 19.9. The summed E-state index contributed by atoms with van der Waals surface area (Å²) in [5.74, 6) is 0.547. The summed E-state index contributed by atoms with van der Waals surface area (Å²) in [7, 11) is 0. The molecule has 0 N–H and O–H groups in total. The summed E-state index contributed by atoms with van der Waals surface area (Å²) in [5.41, 5.74) is 7.61. The molecule has 0 amide bonds. The summed E-state index contributed by atoms with van der Waals surface area (Å²) in [6.07, 6.45) is 1.85. The first kappa shape index (κ1) is 34.4. The first-order chi connectivity index (χ1) is 29.2. The number of hydrogen-bond donors (Lipinski definition) is 0. The van der Waals surface area contributed by atoms with E-state index in [2.05, 4.69) is 131 Å². The van der Waals surface area contributed by atoms with Crippen molar-refractivity contribution in [3.8, 4) is 22.3 Å². The Morgan fingerprint density at radius 3 is 1.58 bits per heavy atom. The van der Waals surface area contributed by atoms with Crippen LogP contribution in [0.4, 0.5) is 38.6 Å². The maximum absolute atomic E-state index is 17.6. The summed E-state index contributed by atoms with van der Waals surface area (Å²) < 4.78 is 17.6. The molecule has 1 aromatic heterocycles. The smallest absolute Gasteiger partial charge is 0.155 e. The third kappa shape index (κ3) is 5.93. The number of anilines is 6. The van der Waals surface area contributed by atoms with E-state index in [1.54, 1.807) is 0 Å². The highest BCUT2D eigenvalue weighted by molar-refractivity contribution is 6.28. The number of hydrogen-bond acceptors (Lipinski definition) is 3. The predicted octanol–water partition coefficient (Wildman–Crippen LogP) is 15.5. The van der Waals surface area contributed by atoms with Gasteiger partial charge in [0.1, 0.15) is 5.82 Å². The van der Waals surface area contributed by atoms with Crippen LogP contribution in [-0.4, -0.2) is 4.98 Å². The molecule has 59 heavy (non-hydrogen) atoms. The first-order valence-electron chi connectivity index (χ1n) is 19.9. The molecule has 11 aromatic rings. The minimum absolute atomic E-state index is 0.283. The van der Waals surface area contributed by atoms with E-state index in [0.717, 1.165) is 83.0 Å². The number of halogens is 1. The lowest BCUT2D eigenvalue weighted by Crippen LogP contribution is -2.13. The number of pyridine rings is 1. The molecule has 0 aliphatic heterocycles. The van der Waals surface area contributed by atoms with E-state index in [1.807, 2.05) is 97.2 Å². The van der Waals surface area contributed by atoms with Gasteiger partial charge < -0.3 is 4.90 Å². The molecule has 0 spiro atoms. The lowest BCUT2D eigenvalue weighted by atomic mass is 9.91. The van der Waals surface area contributed by atoms with Crippen LogP contribution in [0.5, 0.6) is 0 Å². The molecule has 0 radical (unpaired) electrons. The number of aromatic nitrogens is 1. The lowest BCUT2D eigenvalue weighted by Gasteiger charge is -2.30. The Labute approximate surface area is 341 Å². The molecule has 10 aromatic carbocycles. The van der Waals surface area contributed by atoms with Crippen molar-refractivity contribution in [2.75, 3.05) is 9.80 Å². The minimum Gasteiger partial charge on any atom is -0.307 e. The van der Waals surface area contributed by atoms with Gasteiger partial charge in [-0.05, 0) is 110 Å². The Kier molecular flexibility index (Phi) is 8.34. The fourth-order valence-corrected chi connectivity index (χ4v) is 8.74. The van der Waals surface area contributed by atoms with Gasteiger partial charge in [0.2, 0.25) is 0 Å². The zero-order valence-electron chi connectivity index (χ0n) is 32.0. The number of para-hydroxylation sites is 1. The van der Waals surface area contributed by atoms with Crippen LogP contribution < -0.4 is 9.80 Å². The van der Waals surface area contributed by atoms with Crippen LogP contribution in [0.1, 0.15) is 0 Å². The fourth-order valence-electron chi connectivity index (χ4n) is 8.74. The molecule has 0 fully saturated rings. The average molecular weight is 758 g/mol. The molecule has 1 heterocycles. The maximum atomic E-state index is 17.6. The van der Waals surface area contributed by atoms with Crippen molar-refractivity contribution in [1.29, 1.82) is 0 Å². The van der Waals surface area contributed by atoms with Crippen LogP contribution in [0.3, 0.4) is 0 Å². The molecular weight excluding hydrogens is 722 g/mol. The molecule has 0 unspecified atom stereocenters. The van der Waals surface area contributed by atoms with E-state index in [9.17, 15) is 0 Å². The lowest BCUT2D eigenvalue weighted by molar-refractivity contribution is 0.632. The molecule has 3 nitrogen and oxygen atoms in total. The highest BCUT2D eigenvalue weighted by atomic mass is 19.1. The van der Waals surface area contributed by atoms with E-state index >= 15 is 4.39 Å². The normalized spacial score (nSPS) is 11.5. The van der Waals surface area contributed by atoms with E-state index in [-0.39, 0.29) is 5.82 Å². The van der Waals surface area contributed by atoms with Crippen LogP contribution in [0, 0.1) is 5.82 Å². The molecule has 278 valence electrons. The monoisotopic (exact) mass is 757 g/mol. The zero-order chi connectivity index (χ0) is 39.3. The Hall–Kier alpha value is -7.82. The number of nitrogens with zero attached hydrogens (tertiary/aromatic N) is 3. The molecule has 4 heteroatoms. The molecule has 0 aliphatic carbocycles. The molecule has 11 rings (SSSR count). The minimum atomic E-state index is -0.283. The number of rotatable bonds is 8. The van der Waals surface area contributed by atoms with Gasteiger partial charge in [-0.1, -0.05) is 152 Å². The van der Waals surface area contributed by atoms with Gasteiger partial charge in [-0.15, -0.1) is 0 Å². The Morgan fingerprint density at radius 1 is 0.356 bits per heavy atom. The third-order valence-corrected chi connectivity index (χ3v) is 11.5. The van der Waals surface area contributed by atoms with E-state index in [0.29, 0.717) is 11.3 Å². The fraction of sp³-hybridized carbons (Fsp3) is 0. The summed E-state index contributed by atoms with van der Waals surface area (Å²) in [6.45, 7) is 0. The highest BCUT2D eigenvalue weighted by Gasteiger charge is 2.25. The van der Waals surface area contributed by atoms with Gasteiger partial charge in [-0.2, -0.15) is 0 Å². The molecule has 0 saturated carbocycles. The van der Waals surface area contributed by atoms with Crippen LogP contribution in [-0.2, 0) is 0 Å². The van der Waals surface area contributed by atoms with Crippen LogP contribution in [0.2, 0.25) is 0 Å². The van der Waals surface area contributed by atoms with Gasteiger partial charge in [0, 0.05) is 33.9 Å². The second kappa shape index (κ2) is 14.3. The quantitative estimate of drug-likeness (QED) is 0.144. The molecular formula is C55H36FN3. The number of fused-ring (bicyclic) bond motifs is 1. The highest BCUT2D eigenvalue weighted by Crippen LogP contribution is 2.49. The topological polar surface area (TPSA) is 19.4 Å². The summed E-state index contributed by atoms with van der Waals surface area (Å²) in [4.78, 5) is 9.22. The van der Waals surface area contributed by atoms with Crippen molar-refractivity contribution in [3.63, 3.8) is 0 Å². The van der Waals surface area contributed by atoms with Crippen LogP contribution in [0.15, 0.2) is 219 Å². The third-order valence-electron chi connectivity index (χ3n) is 11.5. The van der Waals surface area contributed by atoms with Crippen LogP contribution >= 0.6 is 0 Å². The maximum Gasteiger partial charge on any atom is 0.155 e. The van der Waals surface area contributed by atoms with Crippen molar-refractivity contribution >= 4 is 77.3 Å². The Morgan fingerprint density at radius 2 is 0.915 bits per heavy atom. The SMILES string of the molecule is Fc1c(-c2ccccc2)cc(-c2ccccc2)cc1N(c1ccccc1)c1ccc2ccc3c(N(c4ccc5ccccc5c4)c4ccccn4)ccc4ccc1c2c43. The van der Waals surface area contributed by atoms with Gasteiger partial charge in [0.15, 0.2) is 5.82 Å². The van der Waals surface area contributed by atoms with Gasteiger partial charge >= 0.3 is 0 Å². The number of benzene rings is 10. The van der Waals surface area contributed by atoms with E-state index in [4.69, 9.17) is 4.98 Å². The average Bonchev–Trinajstić information content (AvgIpc) is 3.31. The Bertz CT molecular complexity index is 3280. The van der Waals surface area contributed by atoms with Gasteiger partial charge in [-0.3, -0.25) is 4.90 Å². The van der Waals surface area contributed by atoms with E-state index in [1.165, 1.54) is 5.39 Å². The largest absolute Gasteiger partial charge is 0.307 e. The second-order valence-electron chi connectivity index (χ2n) is 14.9. The van der Waals surface area contributed by atoms with Crippen molar-refractivity contribution in [3.05, 3.63) is 224 Å². The van der Waals surface area contributed by atoms with Gasteiger partial charge in [0.25, 0.3) is 0 Å². The van der Waals surface area contributed by atoms with E-state index < -0.39 is 0 Å². The van der Waals surface area contributed by atoms with Crippen molar-refractivity contribution in [2.24, 2.45) is 0 Å². The Balaban J connectivity index is 1.17. The molecule has 0 aliphatic rings.